The van der Waals surface area contributed by atoms with Gasteiger partial charge in [-0.2, -0.15) is 0 Å². The third-order valence-corrected chi connectivity index (χ3v) is 4.73. The molecule has 158 valence electrons. The molecular weight excluding hydrogens is 360 g/mol. The topological polar surface area (TPSA) is 67.8 Å². The van der Waals surface area contributed by atoms with Crippen LogP contribution >= 0.6 is 0 Å². The summed E-state index contributed by atoms with van der Waals surface area (Å²) in [5.41, 5.74) is 1.14. The van der Waals surface area contributed by atoms with Gasteiger partial charge in [0.15, 0.2) is 5.96 Å². The quantitative estimate of drug-likeness (QED) is 0.362. The fourth-order valence-electron chi connectivity index (χ4n) is 3.18. The zero-order valence-electron chi connectivity index (χ0n) is 17.6. The zero-order valence-corrected chi connectivity index (χ0v) is 17.6. The van der Waals surface area contributed by atoms with E-state index in [0.29, 0.717) is 19.8 Å². The van der Waals surface area contributed by atoms with E-state index in [2.05, 4.69) is 26.2 Å². The third-order valence-electron chi connectivity index (χ3n) is 4.73. The molecule has 0 aromatic heterocycles. The highest BCUT2D eigenvalue weighted by Crippen LogP contribution is 2.25. The van der Waals surface area contributed by atoms with Crippen molar-refractivity contribution in [3.8, 4) is 11.5 Å². The summed E-state index contributed by atoms with van der Waals surface area (Å²) in [6.07, 6.45) is 0. The first-order chi connectivity index (χ1) is 13.7. The van der Waals surface area contributed by atoms with Crippen molar-refractivity contribution in [3.63, 3.8) is 0 Å². The normalized spacial score (nSPS) is 15.6. The molecule has 1 aromatic carbocycles. The number of aliphatic imine (C=N–C) groups is 1. The summed E-state index contributed by atoms with van der Waals surface area (Å²) in [7, 11) is 6.89. The largest absolute Gasteiger partial charge is 0.497 e. The number of ether oxygens (including phenoxy) is 4. The van der Waals surface area contributed by atoms with Crippen molar-refractivity contribution >= 4 is 5.96 Å². The summed E-state index contributed by atoms with van der Waals surface area (Å²) in [6, 6.07) is 5.94. The minimum atomic E-state index is 0.614. The van der Waals surface area contributed by atoms with Crippen LogP contribution < -0.4 is 14.8 Å². The van der Waals surface area contributed by atoms with Crippen molar-refractivity contribution in [2.45, 2.75) is 6.54 Å². The summed E-state index contributed by atoms with van der Waals surface area (Å²) in [4.78, 5) is 9.11. The van der Waals surface area contributed by atoms with Gasteiger partial charge in [0.25, 0.3) is 0 Å². The van der Waals surface area contributed by atoms with Gasteiger partial charge in [0.1, 0.15) is 11.5 Å². The molecule has 0 amide bonds. The number of nitrogens with one attached hydrogen (secondary N) is 1. The van der Waals surface area contributed by atoms with Crippen LogP contribution in [0.2, 0.25) is 0 Å². The standard InChI is InChI=1S/C20H34N4O4/c1-21-20(22-7-12-28-14-13-25-2)24-10-8-23(9-11-24)16-17-15-18(26-3)5-6-19(17)27-4/h5-6,15H,7-14,16H2,1-4H3,(H,21,22). The molecule has 1 aliphatic heterocycles. The SMILES string of the molecule is CN=C(NCCOCCOC)N1CCN(Cc2cc(OC)ccc2OC)CC1. The van der Waals surface area contributed by atoms with Gasteiger partial charge in [-0.1, -0.05) is 0 Å². The Morgan fingerprint density at radius 1 is 1.04 bits per heavy atom. The molecule has 0 bridgehead atoms. The molecule has 8 nitrogen and oxygen atoms in total. The van der Waals surface area contributed by atoms with E-state index in [-0.39, 0.29) is 0 Å². The van der Waals surface area contributed by atoms with Crippen LogP contribution in [0, 0.1) is 0 Å². The van der Waals surface area contributed by atoms with Crippen LogP contribution in [0.3, 0.4) is 0 Å². The Morgan fingerprint density at radius 3 is 2.46 bits per heavy atom. The maximum Gasteiger partial charge on any atom is 0.193 e. The van der Waals surface area contributed by atoms with Crippen LogP contribution in [0.4, 0.5) is 0 Å². The van der Waals surface area contributed by atoms with Crippen molar-refractivity contribution in [2.24, 2.45) is 4.99 Å². The smallest absolute Gasteiger partial charge is 0.193 e. The lowest BCUT2D eigenvalue weighted by atomic mass is 10.1. The molecule has 0 spiro atoms. The summed E-state index contributed by atoms with van der Waals surface area (Å²) in [6.45, 7) is 7.23. The van der Waals surface area contributed by atoms with Crippen LogP contribution in [0.25, 0.3) is 0 Å². The highest BCUT2D eigenvalue weighted by Gasteiger charge is 2.20. The predicted octanol–water partition coefficient (Wildman–Crippen LogP) is 1.06. The van der Waals surface area contributed by atoms with E-state index in [0.717, 1.165) is 62.3 Å². The first kappa shape index (κ1) is 22.3. The third kappa shape index (κ3) is 6.85. The molecule has 28 heavy (non-hydrogen) atoms. The Balaban J connectivity index is 1.78. The van der Waals surface area contributed by atoms with Crippen molar-refractivity contribution in [1.29, 1.82) is 0 Å². The Hall–Kier alpha value is -2.03. The van der Waals surface area contributed by atoms with E-state index in [1.54, 1.807) is 21.3 Å². The highest BCUT2D eigenvalue weighted by molar-refractivity contribution is 5.80. The van der Waals surface area contributed by atoms with Crippen molar-refractivity contribution in [1.82, 2.24) is 15.1 Å². The van der Waals surface area contributed by atoms with Gasteiger partial charge in [-0.3, -0.25) is 9.89 Å². The van der Waals surface area contributed by atoms with E-state index in [9.17, 15) is 0 Å². The Kier molecular flexibility index (Phi) is 9.88. The van der Waals surface area contributed by atoms with Crippen molar-refractivity contribution in [3.05, 3.63) is 23.8 Å². The maximum absolute atomic E-state index is 5.50. The molecule has 8 heteroatoms. The maximum atomic E-state index is 5.50. The van der Waals surface area contributed by atoms with Gasteiger partial charge < -0.3 is 29.2 Å². The Bertz CT molecular complexity index is 604. The molecule has 2 rings (SSSR count). The van der Waals surface area contributed by atoms with E-state index >= 15 is 0 Å². The van der Waals surface area contributed by atoms with Gasteiger partial charge in [-0.25, -0.2) is 0 Å². The monoisotopic (exact) mass is 394 g/mol. The van der Waals surface area contributed by atoms with Crippen LogP contribution in [0.15, 0.2) is 23.2 Å². The van der Waals surface area contributed by atoms with Gasteiger partial charge in [-0.15, -0.1) is 0 Å². The number of rotatable bonds is 10. The number of methoxy groups -OCH3 is 3. The molecular formula is C20H34N4O4. The fraction of sp³-hybridized carbons (Fsp3) is 0.650. The molecule has 0 atom stereocenters. The van der Waals surface area contributed by atoms with E-state index in [1.807, 2.05) is 19.2 Å². The minimum Gasteiger partial charge on any atom is -0.497 e. The lowest BCUT2D eigenvalue weighted by Crippen LogP contribution is -2.52. The Morgan fingerprint density at radius 2 is 1.82 bits per heavy atom. The molecule has 0 radical (unpaired) electrons. The lowest BCUT2D eigenvalue weighted by molar-refractivity contribution is 0.0729. The summed E-state index contributed by atoms with van der Waals surface area (Å²) in [5.74, 6) is 2.68. The molecule has 1 N–H and O–H groups in total. The predicted molar refractivity (Wildman–Crippen MR) is 110 cm³/mol. The van der Waals surface area contributed by atoms with Gasteiger partial charge in [-0.05, 0) is 18.2 Å². The second-order valence-electron chi connectivity index (χ2n) is 6.52. The van der Waals surface area contributed by atoms with Crippen LogP contribution in [0.1, 0.15) is 5.56 Å². The van der Waals surface area contributed by atoms with Crippen LogP contribution in [-0.2, 0) is 16.0 Å². The number of guanidine groups is 1. The molecule has 0 unspecified atom stereocenters. The summed E-state index contributed by atoms with van der Waals surface area (Å²) in [5, 5.41) is 3.37. The Labute approximate surface area is 168 Å². The number of benzene rings is 1. The molecule has 1 saturated heterocycles. The average Bonchev–Trinajstić information content (AvgIpc) is 2.74. The number of nitrogens with zero attached hydrogens (tertiary/aromatic N) is 3. The van der Waals surface area contributed by atoms with Gasteiger partial charge >= 0.3 is 0 Å². The van der Waals surface area contributed by atoms with E-state index < -0.39 is 0 Å². The van der Waals surface area contributed by atoms with Gasteiger partial charge in [0.05, 0.1) is 34.0 Å². The fourth-order valence-corrected chi connectivity index (χ4v) is 3.18. The average molecular weight is 395 g/mol. The summed E-state index contributed by atoms with van der Waals surface area (Å²) >= 11 is 0. The van der Waals surface area contributed by atoms with Crippen LogP contribution in [0.5, 0.6) is 11.5 Å². The molecule has 1 heterocycles. The molecule has 1 aromatic rings. The van der Waals surface area contributed by atoms with E-state index in [4.69, 9.17) is 18.9 Å². The second-order valence-corrected chi connectivity index (χ2v) is 6.52. The lowest BCUT2D eigenvalue weighted by Gasteiger charge is -2.36. The zero-order chi connectivity index (χ0) is 20.2. The molecule has 0 aliphatic carbocycles. The number of hydrogen-bond acceptors (Lipinski definition) is 6. The molecule has 0 saturated carbocycles. The van der Waals surface area contributed by atoms with Crippen molar-refractivity contribution < 1.29 is 18.9 Å². The van der Waals surface area contributed by atoms with Crippen LogP contribution in [-0.4, -0.2) is 96.7 Å². The van der Waals surface area contributed by atoms with Crippen molar-refractivity contribution in [2.75, 3.05) is 80.9 Å². The summed E-state index contributed by atoms with van der Waals surface area (Å²) < 4.78 is 21.3. The number of piperazine rings is 1. The number of hydrogen-bond donors (Lipinski definition) is 1. The molecule has 1 fully saturated rings. The minimum absolute atomic E-state index is 0.614. The highest BCUT2D eigenvalue weighted by atomic mass is 16.5. The first-order valence-corrected chi connectivity index (χ1v) is 9.67. The second kappa shape index (κ2) is 12.4. The van der Waals surface area contributed by atoms with E-state index in [1.165, 1.54) is 0 Å². The molecule has 1 aliphatic rings. The van der Waals surface area contributed by atoms with Gasteiger partial charge in [0.2, 0.25) is 0 Å². The van der Waals surface area contributed by atoms with Gasteiger partial charge in [0, 0.05) is 59.0 Å². The first-order valence-electron chi connectivity index (χ1n) is 9.67.